The lowest BCUT2D eigenvalue weighted by molar-refractivity contribution is 0.763. The van der Waals surface area contributed by atoms with Crippen molar-refractivity contribution >= 4 is 23.4 Å². The lowest BCUT2D eigenvalue weighted by atomic mass is 10.3. The molecule has 2 aromatic rings. The molecule has 0 aromatic carbocycles. The van der Waals surface area contributed by atoms with Gasteiger partial charge in [0.05, 0.1) is 0 Å². The second-order valence-electron chi connectivity index (χ2n) is 5.54. The third-order valence-electron chi connectivity index (χ3n) is 3.96. The van der Waals surface area contributed by atoms with Gasteiger partial charge in [-0.15, -0.1) is 0 Å². The maximum atomic E-state index is 4.44. The highest BCUT2D eigenvalue weighted by Gasteiger charge is 2.14. The summed E-state index contributed by atoms with van der Waals surface area (Å²) >= 11 is 2.01. The maximum absolute atomic E-state index is 4.44. The minimum Gasteiger partial charge on any atom is -0.355 e. The lowest BCUT2D eigenvalue weighted by Crippen LogP contribution is -2.33. The Kier molecular flexibility index (Phi) is 4.87. The topological polar surface area (TPSA) is 37.2 Å². The van der Waals surface area contributed by atoms with Crippen LogP contribution < -0.4 is 9.80 Å². The lowest BCUT2D eigenvalue weighted by Gasteiger charge is -2.28. The van der Waals surface area contributed by atoms with E-state index >= 15 is 0 Å². The number of thioether (sulfide) groups is 1. The summed E-state index contributed by atoms with van der Waals surface area (Å²) in [5.41, 5.74) is 1.30. The quantitative estimate of drug-likeness (QED) is 0.847. The Morgan fingerprint density at radius 3 is 2.82 bits per heavy atom. The molecule has 0 N–H and O–H groups in total. The first-order valence-corrected chi connectivity index (χ1v) is 8.92. The van der Waals surface area contributed by atoms with Crippen LogP contribution in [-0.4, -0.2) is 46.2 Å². The minimum atomic E-state index is 0.860. The van der Waals surface area contributed by atoms with Crippen LogP contribution in [0.1, 0.15) is 12.5 Å². The maximum Gasteiger partial charge on any atom is 0.134 e. The minimum absolute atomic E-state index is 0.860. The molecule has 118 valence electrons. The molecule has 0 unspecified atom stereocenters. The highest BCUT2D eigenvalue weighted by molar-refractivity contribution is 7.99. The van der Waals surface area contributed by atoms with E-state index in [4.69, 9.17) is 0 Å². The van der Waals surface area contributed by atoms with Gasteiger partial charge in [0.25, 0.3) is 0 Å². The van der Waals surface area contributed by atoms with Crippen molar-refractivity contribution in [2.45, 2.75) is 20.0 Å². The van der Waals surface area contributed by atoms with Crippen LogP contribution in [-0.2, 0) is 13.1 Å². The van der Waals surface area contributed by atoms with Crippen molar-refractivity contribution in [3.63, 3.8) is 0 Å². The molecule has 0 aliphatic carbocycles. The predicted octanol–water partition coefficient (Wildman–Crippen LogP) is 2.49. The Morgan fingerprint density at radius 1 is 1.27 bits per heavy atom. The summed E-state index contributed by atoms with van der Waals surface area (Å²) in [4.78, 5) is 13.4. The average Bonchev–Trinajstić information content (AvgIpc) is 3.03. The van der Waals surface area contributed by atoms with Crippen molar-refractivity contribution in [2.24, 2.45) is 0 Å². The van der Waals surface area contributed by atoms with Crippen molar-refractivity contribution in [3.8, 4) is 0 Å². The monoisotopic (exact) mass is 317 g/mol. The molecular weight excluding hydrogens is 294 g/mol. The molecule has 2 aromatic heterocycles. The van der Waals surface area contributed by atoms with Gasteiger partial charge in [-0.3, -0.25) is 0 Å². The molecule has 1 aliphatic heterocycles. The normalized spacial score (nSPS) is 15.1. The molecule has 22 heavy (non-hydrogen) atoms. The van der Waals surface area contributed by atoms with Gasteiger partial charge in [0.2, 0.25) is 0 Å². The average molecular weight is 317 g/mol. The first-order valence-electron chi connectivity index (χ1n) is 7.77. The number of hydrogen-bond acceptors (Lipinski definition) is 5. The largest absolute Gasteiger partial charge is 0.355 e. The predicted molar refractivity (Wildman–Crippen MR) is 93.8 cm³/mol. The van der Waals surface area contributed by atoms with Crippen LogP contribution in [0.5, 0.6) is 0 Å². The van der Waals surface area contributed by atoms with Crippen molar-refractivity contribution in [2.75, 3.05) is 41.4 Å². The van der Waals surface area contributed by atoms with Crippen molar-refractivity contribution < 1.29 is 0 Å². The number of nitrogens with zero attached hydrogens (tertiary/aromatic N) is 5. The fraction of sp³-hybridized carbons (Fsp3) is 0.500. The van der Waals surface area contributed by atoms with Crippen LogP contribution in [0.3, 0.4) is 0 Å². The number of hydrogen-bond donors (Lipinski definition) is 0. The summed E-state index contributed by atoms with van der Waals surface area (Å²) in [6.07, 6.45) is 6.00. The fourth-order valence-electron chi connectivity index (χ4n) is 2.65. The van der Waals surface area contributed by atoms with E-state index in [1.54, 1.807) is 6.33 Å². The number of anilines is 2. The molecule has 0 saturated carbocycles. The Bertz CT molecular complexity index is 606. The third kappa shape index (κ3) is 3.55. The first-order chi connectivity index (χ1) is 10.8. The van der Waals surface area contributed by atoms with Gasteiger partial charge in [-0.2, -0.15) is 11.8 Å². The molecule has 1 saturated heterocycles. The van der Waals surface area contributed by atoms with E-state index in [1.807, 2.05) is 11.8 Å². The molecule has 0 radical (unpaired) electrons. The van der Waals surface area contributed by atoms with E-state index in [2.05, 4.69) is 62.8 Å². The summed E-state index contributed by atoms with van der Waals surface area (Å²) in [6.45, 7) is 6.17. The Balaban J connectivity index is 1.70. The zero-order valence-corrected chi connectivity index (χ0v) is 14.1. The molecule has 0 spiro atoms. The Morgan fingerprint density at radius 2 is 2.09 bits per heavy atom. The second kappa shape index (κ2) is 7.05. The molecule has 3 rings (SSSR count). The van der Waals surface area contributed by atoms with Gasteiger partial charge >= 0.3 is 0 Å². The molecule has 1 aliphatic rings. The van der Waals surface area contributed by atoms with Gasteiger partial charge < -0.3 is 14.4 Å². The van der Waals surface area contributed by atoms with Gasteiger partial charge in [0.1, 0.15) is 18.0 Å². The molecule has 0 amide bonds. The highest BCUT2D eigenvalue weighted by Crippen LogP contribution is 2.21. The van der Waals surface area contributed by atoms with E-state index in [-0.39, 0.29) is 0 Å². The number of aromatic nitrogens is 3. The van der Waals surface area contributed by atoms with Crippen LogP contribution in [0.4, 0.5) is 11.6 Å². The van der Waals surface area contributed by atoms with Crippen molar-refractivity contribution in [1.29, 1.82) is 0 Å². The molecular formula is C16H23N5S. The molecule has 1 fully saturated rings. The summed E-state index contributed by atoms with van der Waals surface area (Å²) in [6, 6.07) is 4.27. The van der Waals surface area contributed by atoms with Gasteiger partial charge in [-0.25, -0.2) is 9.97 Å². The van der Waals surface area contributed by atoms with Crippen LogP contribution in [0, 0.1) is 0 Å². The van der Waals surface area contributed by atoms with Gasteiger partial charge in [-0.05, 0) is 18.6 Å². The highest BCUT2D eigenvalue weighted by atomic mass is 32.2. The van der Waals surface area contributed by atoms with Crippen LogP contribution >= 0.6 is 11.8 Å². The van der Waals surface area contributed by atoms with E-state index in [1.165, 1.54) is 17.1 Å². The molecule has 0 atom stereocenters. The van der Waals surface area contributed by atoms with Crippen molar-refractivity contribution in [3.05, 3.63) is 36.4 Å². The molecule has 0 bridgehead atoms. The van der Waals surface area contributed by atoms with E-state index < -0.39 is 0 Å². The summed E-state index contributed by atoms with van der Waals surface area (Å²) in [7, 11) is 2.08. The number of rotatable bonds is 5. The zero-order chi connectivity index (χ0) is 15.4. The van der Waals surface area contributed by atoms with Crippen molar-refractivity contribution in [1.82, 2.24) is 14.5 Å². The zero-order valence-electron chi connectivity index (χ0n) is 13.3. The summed E-state index contributed by atoms with van der Waals surface area (Å²) < 4.78 is 2.19. The fourth-order valence-corrected chi connectivity index (χ4v) is 3.55. The van der Waals surface area contributed by atoms with E-state index in [9.17, 15) is 0 Å². The Hall–Kier alpha value is -1.69. The van der Waals surface area contributed by atoms with E-state index in [0.29, 0.717) is 0 Å². The van der Waals surface area contributed by atoms with Gasteiger partial charge in [0.15, 0.2) is 0 Å². The molecule has 5 nitrogen and oxygen atoms in total. The van der Waals surface area contributed by atoms with E-state index in [0.717, 1.165) is 37.8 Å². The SMILES string of the molecule is CCn1ccc(CN(C)c2cc(N3CCSCC3)ncn2)c1. The second-order valence-corrected chi connectivity index (χ2v) is 6.76. The Labute approximate surface area is 136 Å². The molecule has 3 heterocycles. The first kappa shape index (κ1) is 15.2. The summed E-state index contributed by atoms with van der Waals surface area (Å²) in [5, 5.41) is 0. The third-order valence-corrected chi connectivity index (χ3v) is 4.90. The smallest absolute Gasteiger partial charge is 0.134 e. The van der Waals surface area contributed by atoms with Crippen LogP contribution in [0.25, 0.3) is 0 Å². The van der Waals surface area contributed by atoms with Gasteiger partial charge in [-0.1, -0.05) is 0 Å². The number of aryl methyl sites for hydroxylation is 1. The van der Waals surface area contributed by atoms with Crippen LogP contribution in [0.2, 0.25) is 0 Å². The van der Waals surface area contributed by atoms with Crippen LogP contribution in [0.15, 0.2) is 30.9 Å². The van der Waals surface area contributed by atoms with Gasteiger partial charge in [0, 0.05) is 63.2 Å². The summed E-state index contributed by atoms with van der Waals surface area (Å²) in [5.74, 6) is 4.38. The standard InChI is InChI=1S/C16H23N5S/c1-3-20-5-4-14(12-20)11-19(2)15-10-16(18-13-17-15)21-6-8-22-9-7-21/h4-5,10,12-13H,3,6-9,11H2,1-2H3. The molecule has 6 heteroatoms.